The fourth-order valence-corrected chi connectivity index (χ4v) is 3.95. The number of carboxylic acid groups (broad SMARTS) is 2. The van der Waals surface area contributed by atoms with Gasteiger partial charge in [0, 0.05) is 11.1 Å². The van der Waals surface area contributed by atoms with Crippen LogP contribution in [-0.2, 0) is 22.7 Å². The van der Waals surface area contributed by atoms with Crippen LogP contribution >= 0.6 is 0 Å². The molecule has 0 saturated heterocycles. The van der Waals surface area contributed by atoms with E-state index in [1.54, 1.807) is 0 Å². The molecule has 0 saturated carbocycles. The third kappa shape index (κ3) is 11.4. The lowest BCUT2D eigenvalue weighted by atomic mass is 10.2. The van der Waals surface area contributed by atoms with Crippen molar-refractivity contribution in [1.29, 1.82) is 0 Å². The van der Waals surface area contributed by atoms with Gasteiger partial charge in [0.25, 0.3) is 0 Å². The van der Waals surface area contributed by atoms with Crippen molar-refractivity contribution in [2.45, 2.75) is 54.6 Å². The van der Waals surface area contributed by atoms with Crippen LogP contribution in [0.2, 0.25) is 0 Å². The molecule has 0 spiro atoms. The molecule has 0 heterocycles. The minimum absolute atomic E-state index is 1.17. The van der Waals surface area contributed by atoms with Gasteiger partial charge in [-0.1, -0.05) is 60.7 Å². The summed E-state index contributed by atoms with van der Waals surface area (Å²) in [5.74, 6) is -4.37. The fourth-order valence-electron chi connectivity index (χ4n) is 3.95. The van der Waals surface area contributed by atoms with Gasteiger partial charge in [-0.3, -0.25) is 0 Å². The lowest BCUT2D eigenvalue weighted by Crippen LogP contribution is -2.46. The van der Waals surface area contributed by atoms with Crippen LogP contribution in [0.3, 0.4) is 0 Å². The third-order valence-corrected chi connectivity index (χ3v) is 6.91. The highest BCUT2D eigenvalue weighted by Gasteiger charge is 2.21. The Labute approximate surface area is 206 Å². The summed E-state index contributed by atoms with van der Waals surface area (Å²) < 4.78 is 2.40. The first-order valence-corrected chi connectivity index (χ1v) is 12.4. The minimum Gasteiger partial charge on any atom is -0.543 e. The summed E-state index contributed by atoms with van der Waals surface area (Å²) in [6.45, 7) is 23.4. The molecule has 190 valence electrons. The quantitative estimate of drug-likeness (QED) is 0.393. The average Bonchev–Trinajstić information content (AvgIpc) is 2.88. The predicted octanol–water partition coefficient (Wildman–Crippen LogP) is 2.61. The maximum atomic E-state index is 8.93. The Kier molecular flexibility index (Phi) is 15.5. The van der Waals surface area contributed by atoms with Gasteiger partial charge in [-0.2, -0.15) is 0 Å². The molecule has 0 atom stereocenters. The maximum Gasteiger partial charge on any atom is 0.104 e. The number of nitrogens with zero attached hydrogens (tertiary/aromatic N) is 2. The highest BCUT2D eigenvalue weighted by atomic mass is 16.4. The molecule has 0 amide bonds. The molecular formula is C28H44N2O4. The topological polar surface area (TPSA) is 80.3 Å². The highest BCUT2D eigenvalue weighted by Crippen LogP contribution is 2.14. The maximum absolute atomic E-state index is 8.93. The van der Waals surface area contributed by atoms with Gasteiger partial charge in [-0.05, 0) is 41.5 Å². The second-order valence-electron chi connectivity index (χ2n) is 8.44. The first kappa shape index (κ1) is 31.3. The Morgan fingerprint density at radius 1 is 0.529 bits per heavy atom. The molecule has 6 nitrogen and oxygen atoms in total. The fraction of sp³-hybridized carbons (Fsp3) is 0.500. The molecule has 0 aliphatic rings. The van der Waals surface area contributed by atoms with E-state index in [0.29, 0.717) is 0 Å². The molecule has 0 unspecified atom stereocenters. The van der Waals surface area contributed by atoms with E-state index in [-0.39, 0.29) is 0 Å². The molecular weight excluding hydrogens is 428 g/mol. The van der Waals surface area contributed by atoms with Crippen LogP contribution in [0.1, 0.15) is 52.7 Å². The molecule has 34 heavy (non-hydrogen) atoms. The summed E-state index contributed by atoms with van der Waals surface area (Å²) in [5, 5.41) is 17.9. The average molecular weight is 473 g/mol. The molecule has 0 aromatic heterocycles. The molecule has 0 N–H and O–H groups in total. The van der Waals surface area contributed by atoms with Gasteiger partial charge in [-0.15, -0.1) is 0 Å². The Bertz CT molecular complexity index is 716. The van der Waals surface area contributed by atoms with E-state index < -0.39 is 11.9 Å². The number of carboxylic acids is 2. The number of hydrogen-bond acceptors (Lipinski definition) is 4. The highest BCUT2D eigenvalue weighted by molar-refractivity contribution is 6.25. The lowest BCUT2D eigenvalue weighted by Gasteiger charge is -2.35. The Morgan fingerprint density at radius 3 is 0.941 bits per heavy atom. The zero-order valence-electron chi connectivity index (χ0n) is 22.0. The van der Waals surface area contributed by atoms with Crippen molar-refractivity contribution in [2.75, 3.05) is 39.3 Å². The summed E-state index contributed by atoms with van der Waals surface area (Å²) in [5.41, 5.74) is 2.91. The van der Waals surface area contributed by atoms with Gasteiger partial charge < -0.3 is 28.8 Å². The second-order valence-corrected chi connectivity index (χ2v) is 8.44. The predicted molar refractivity (Wildman–Crippen MR) is 134 cm³/mol. The summed E-state index contributed by atoms with van der Waals surface area (Å²) in [6.07, 6.45) is 0. The van der Waals surface area contributed by atoms with E-state index in [9.17, 15) is 0 Å². The summed E-state index contributed by atoms with van der Waals surface area (Å²) in [4.78, 5) is 17.9. The SMILES string of the molecule is CC[N+](CC)(CC)Cc1ccccc1.CC[N+](CC)(CC)Cc1ccccc1.O=C([O-])C(=O)[O-]. The second kappa shape index (κ2) is 16.8. The van der Waals surface area contributed by atoms with Gasteiger partial charge in [0.05, 0.1) is 51.2 Å². The van der Waals surface area contributed by atoms with Gasteiger partial charge in [0.15, 0.2) is 0 Å². The number of quaternary nitrogens is 2. The Balaban J connectivity index is 0.000000521. The summed E-state index contributed by atoms with van der Waals surface area (Å²) >= 11 is 0. The number of hydrogen-bond donors (Lipinski definition) is 0. The molecule has 6 heteroatoms. The first-order valence-electron chi connectivity index (χ1n) is 12.4. The standard InChI is InChI=1S/2C13H22N.C2H2O4/c2*1-4-14(5-2,6-3)12-13-10-8-7-9-11-13;3-1(4)2(5)6/h2*7-11H,4-6,12H2,1-3H3;(H,3,4)(H,5,6)/q2*+1;/p-2. The van der Waals surface area contributed by atoms with Crippen LogP contribution in [0.15, 0.2) is 60.7 Å². The normalized spacial score (nSPS) is 10.9. The van der Waals surface area contributed by atoms with E-state index in [4.69, 9.17) is 19.8 Å². The number of rotatable bonds is 10. The van der Waals surface area contributed by atoms with E-state index in [1.807, 2.05) is 0 Å². The molecule has 0 fully saturated rings. The Hall–Kier alpha value is -2.70. The van der Waals surface area contributed by atoms with E-state index in [0.717, 1.165) is 0 Å². The van der Waals surface area contributed by atoms with Gasteiger partial charge in [-0.25, -0.2) is 0 Å². The van der Waals surface area contributed by atoms with E-state index >= 15 is 0 Å². The summed E-state index contributed by atoms with van der Waals surface area (Å²) in [7, 11) is 0. The van der Waals surface area contributed by atoms with Crippen molar-refractivity contribution in [1.82, 2.24) is 0 Å². The zero-order valence-corrected chi connectivity index (χ0v) is 22.0. The van der Waals surface area contributed by atoms with Crippen molar-refractivity contribution in [2.24, 2.45) is 0 Å². The molecule has 2 aromatic rings. The number of aliphatic carboxylic acids is 2. The first-order chi connectivity index (χ1) is 16.2. The van der Waals surface area contributed by atoms with Crippen LogP contribution in [-0.4, -0.2) is 60.2 Å². The van der Waals surface area contributed by atoms with Crippen LogP contribution in [0, 0.1) is 0 Å². The lowest BCUT2D eigenvalue weighted by molar-refractivity contribution is -0.936. The molecule has 0 aliphatic carbocycles. The van der Waals surface area contributed by atoms with Gasteiger partial charge in [0.2, 0.25) is 0 Å². The van der Waals surface area contributed by atoms with Crippen molar-refractivity contribution in [3.63, 3.8) is 0 Å². The van der Waals surface area contributed by atoms with Gasteiger partial charge in [0.1, 0.15) is 13.1 Å². The van der Waals surface area contributed by atoms with Crippen molar-refractivity contribution >= 4 is 11.9 Å². The van der Waals surface area contributed by atoms with Crippen LogP contribution in [0.5, 0.6) is 0 Å². The Morgan fingerprint density at radius 2 is 0.765 bits per heavy atom. The smallest absolute Gasteiger partial charge is 0.104 e. The van der Waals surface area contributed by atoms with Crippen LogP contribution in [0.4, 0.5) is 0 Å². The molecule has 2 aromatic carbocycles. The zero-order chi connectivity index (χ0) is 26.0. The molecule has 0 bridgehead atoms. The van der Waals surface area contributed by atoms with E-state index in [2.05, 4.69) is 102 Å². The number of benzene rings is 2. The largest absolute Gasteiger partial charge is 0.543 e. The monoisotopic (exact) mass is 472 g/mol. The summed E-state index contributed by atoms with van der Waals surface area (Å²) in [6, 6.07) is 21.6. The molecule has 0 aliphatic heterocycles. The van der Waals surface area contributed by atoms with E-state index in [1.165, 1.54) is 72.5 Å². The minimum atomic E-state index is -2.19. The van der Waals surface area contributed by atoms with Gasteiger partial charge >= 0.3 is 0 Å². The number of carbonyl (C=O) groups excluding carboxylic acids is 2. The van der Waals surface area contributed by atoms with Crippen molar-refractivity contribution < 1.29 is 28.8 Å². The molecule has 0 radical (unpaired) electrons. The number of carbonyl (C=O) groups is 2. The third-order valence-electron chi connectivity index (χ3n) is 6.91. The van der Waals surface area contributed by atoms with Crippen LogP contribution in [0.25, 0.3) is 0 Å². The van der Waals surface area contributed by atoms with Crippen molar-refractivity contribution in [3.8, 4) is 0 Å². The van der Waals surface area contributed by atoms with Crippen molar-refractivity contribution in [3.05, 3.63) is 71.8 Å². The van der Waals surface area contributed by atoms with Crippen LogP contribution < -0.4 is 10.2 Å². The molecule has 2 rings (SSSR count).